The summed E-state index contributed by atoms with van der Waals surface area (Å²) in [5.41, 5.74) is 2.57. The molecular weight excluding hydrogens is 497 g/mol. The second-order valence-electron chi connectivity index (χ2n) is 6.95. The molecule has 6 nitrogen and oxygen atoms in total. The van der Waals surface area contributed by atoms with Gasteiger partial charge in [0.25, 0.3) is 0 Å². The SMILES string of the molecule is CCNC(=NCc1cccc(CN2CCOCC2)c1)NCCc1ncc(C)s1.I. The van der Waals surface area contributed by atoms with E-state index in [9.17, 15) is 0 Å². The van der Waals surface area contributed by atoms with Crippen molar-refractivity contribution in [1.82, 2.24) is 20.5 Å². The van der Waals surface area contributed by atoms with Gasteiger partial charge in [0.05, 0.1) is 24.8 Å². The zero-order valence-electron chi connectivity index (χ0n) is 17.3. The molecule has 0 saturated carbocycles. The van der Waals surface area contributed by atoms with Crippen LogP contribution in [-0.2, 0) is 24.2 Å². The zero-order chi connectivity index (χ0) is 19.6. The molecule has 160 valence electrons. The van der Waals surface area contributed by atoms with Crippen LogP contribution in [0.1, 0.15) is 27.9 Å². The first kappa shape index (κ1) is 24.0. The van der Waals surface area contributed by atoms with Crippen molar-refractivity contribution in [2.75, 3.05) is 39.4 Å². The lowest BCUT2D eigenvalue weighted by molar-refractivity contribution is 0.0342. The fourth-order valence-corrected chi connectivity index (χ4v) is 3.95. The molecule has 2 heterocycles. The van der Waals surface area contributed by atoms with Crippen LogP contribution in [0.2, 0.25) is 0 Å². The molecule has 1 saturated heterocycles. The van der Waals surface area contributed by atoms with Crippen molar-refractivity contribution in [3.8, 4) is 0 Å². The molecule has 0 amide bonds. The van der Waals surface area contributed by atoms with Crippen LogP contribution in [0.4, 0.5) is 0 Å². The number of hydrogen-bond acceptors (Lipinski definition) is 5. The quantitative estimate of drug-likeness (QED) is 0.313. The molecule has 0 radical (unpaired) electrons. The van der Waals surface area contributed by atoms with Crippen LogP contribution in [0, 0.1) is 6.92 Å². The number of guanidine groups is 1. The fraction of sp³-hybridized carbons (Fsp3) is 0.524. The highest BCUT2D eigenvalue weighted by Crippen LogP contribution is 2.12. The van der Waals surface area contributed by atoms with E-state index in [-0.39, 0.29) is 24.0 Å². The normalized spacial score (nSPS) is 15.0. The van der Waals surface area contributed by atoms with Crippen molar-refractivity contribution in [2.24, 2.45) is 4.99 Å². The van der Waals surface area contributed by atoms with Crippen LogP contribution < -0.4 is 10.6 Å². The van der Waals surface area contributed by atoms with Gasteiger partial charge in [-0.3, -0.25) is 4.90 Å². The summed E-state index contributed by atoms with van der Waals surface area (Å²) in [5.74, 6) is 0.856. The molecule has 0 atom stereocenters. The van der Waals surface area contributed by atoms with Gasteiger partial charge in [-0.15, -0.1) is 35.3 Å². The molecule has 0 bridgehead atoms. The molecule has 2 aromatic rings. The Hall–Kier alpha value is -1.23. The van der Waals surface area contributed by atoms with Gasteiger partial charge in [-0.05, 0) is 25.0 Å². The number of morpholine rings is 1. The number of aliphatic imine (C=N–C) groups is 1. The Labute approximate surface area is 195 Å². The molecule has 0 unspecified atom stereocenters. The van der Waals surface area contributed by atoms with Crippen molar-refractivity contribution in [3.05, 3.63) is 51.5 Å². The standard InChI is InChI=1S/C21H31N5OS.HI/c1-3-22-21(23-8-7-20-24-14-17(2)28-20)25-15-18-5-4-6-19(13-18)16-26-9-11-27-12-10-26;/h4-6,13-14H,3,7-12,15-16H2,1-2H3,(H2,22,23,25);1H. The maximum Gasteiger partial charge on any atom is 0.191 e. The molecule has 2 N–H and O–H groups in total. The van der Waals surface area contributed by atoms with Crippen LogP contribution in [0.5, 0.6) is 0 Å². The largest absolute Gasteiger partial charge is 0.379 e. The summed E-state index contributed by atoms with van der Waals surface area (Å²) >= 11 is 1.76. The molecule has 8 heteroatoms. The molecule has 1 fully saturated rings. The summed E-state index contributed by atoms with van der Waals surface area (Å²) < 4.78 is 5.43. The first-order valence-corrected chi connectivity index (χ1v) is 10.9. The van der Waals surface area contributed by atoms with Gasteiger partial charge >= 0.3 is 0 Å². The second-order valence-corrected chi connectivity index (χ2v) is 8.26. The van der Waals surface area contributed by atoms with E-state index in [2.05, 4.69) is 58.6 Å². The number of thiazole rings is 1. The number of aryl methyl sites for hydroxylation is 1. The van der Waals surface area contributed by atoms with Crippen LogP contribution >= 0.6 is 35.3 Å². The van der Waals surface area contributed by atoms with Gasteiger partial charge in [0.1, 0.15) is 0 Å². The Bertz CT molecular complexity index is 761. The van der Waals surface area contributed by atoms with Crippen LogP contribution in [0.15, 0.2) is 35.5 Å². The molecule has 0 aliphatic carbocycles. The van der Waals surface area contributed by atoms with Crippen LogP contribution in [-0.4, -0.2) is 55.2 Å². The summed E-state index contributed by atoms with van der Waals surface area (Å²) in [7, 11) is 0. The summed E-state index contributed by atoms with van der Waals surface area (Å²) in [6, 6.07) is 8.74. The van der Waals surface area contributed by atoms with Crippen molar-refractivity contribution in [3.63, 3.8) is 0 Å². The highest BCUT2D eigenvalue weighted by Gasteiger charge is 2.10. The number of ether oxygens (including phenoxy) is 1. The topological polar surface area (TPSA) is 61.8 Å². The molecule has 0 spiro atoms. The number of nitrogens with zero attached hydrogens (tertiary/aromatic N) is 3. The summed E-state index contributed by atoms with van der Waals surface area (Å²) in [5, 5.41) is 7.90. The minimum atomic E-state index is 0. The molecule has 1 aromatic carbocycles. The predicted molar refractivity (Wildman–Crippen MR) is 131 cm³/mol. The van der Waals surface area contributed by atoms with E-state index >= 15 is 0 Å². The van der Waals surface area contributed by atoms with Crippen molar-refractivity contribution in [2.45, 2.75) is 33.4 Å². The first-order valence-electron chi connectivity index (χ1n) is 10.0. The third kappa shape index (κ3) is 8.57. The van der Waals surface area contributed by atoms with Gasteiger partial charge in [0, 0.05) is 50.2 Å². The second kappa shape index (κ2) is 13.1. The Kier molecular flexibility index (Phi) is 10.9. The van der Waals surface area contributed by atoms with E-state index in [4.69, 9.17) is 9.73 Å². The highest BCUT2D eigenvalue weighted by molar-refractivity contribution is 14.0. The van der Waals surface area contributed by atoms with Crippen molar-refractivity contribution >= 4 is 41.3 Å². The van der Waals surface area contributed by atoms with Gasteiger partial charge in [-0.2, -0.15) is 0 Å². The van der Waals surface area contributed by atoms with E-state index in [1.54, 1.807) is 11.3 Å². The van der Waals surface area contributed by atoms with E-state index in [0.717, 1.165) is 63.3 Å². The average molecular weight is 529 g/mol. The van der Waals surface area contributed by atoms with E-state index in [1.165, 1.54) is 16.0 Å². The van der Waals surface area contributed by atoms with Crippen LogP contribution in [0.3, 0.4) is 0 Å². The molecule has 1 aliphatic heterocycles. The minimum absolute atomic E-state index is 0. The Morgan fingerprint density at radius 3 is 2.76 bits per heavy atom. The van der Waals surface area contributed by atoms with Gasteiger partial charge in [-0.1, -0.05) is 24.3 Å². The lowest BCUT2D eigenvalue weighted by atomic mass is 10.1. The number of rotatable bonds is 8. The first-order chi connectivity index (χ1) is 13.7. The van der Waals surface area contributed by atoms with E-state index in [0.29, 0.717) is 6.54 Å². The summed E-state index contributed by atoms with van der Waals surface area (Å²) in [6.07, 6.45) is 2.85. The molecule has 3 rings (SSSR count). The minimum Gasteiger partial charge on any atom is -0.379 e. The lowest BCUT2D eigenvalue weighted by Gasteiger charge is -2.26. The van der Waals surface area contributed by atoms with Gasteiger partial charge in [0.2, 0.25) is 0 Å². The number of aromatic nitrogens is 1. The van der Waals surface area contributed by atoms with E-state index in [1.807, 2.05) is 6.20 Å². The average Bonchev–Trinajstić information content (AvgIpc) is 3.12. The number of benzene rings is 1. The highest BCUT2D eigenvalue weighted by atomic mass is 127. The number of halogens is 1. The summed E-state index contributed by atoms with van der Waals surface area (Å²) in [4.78, 5) is 12.9. The molecule has 1 aromatic heterocycles. The maximum atomic E-state index is 5.43. The Balaban J connectivity index is 0.00000300. The Morgan fingerprint density at radius 2 is 2.03 bits per heavy atom. The molecule has 1 aliphatic rings. The third-order valence-electron chi connectivity index (χ3n) is 4.57. The Morgan fingerprint density at radius 1 is 1.24 bits per heavy atom. The number of nitrogens with one attached hydrogen (secondary N) is 2. The zero-order valence-corrected chi connectivity index (χ0v) is 20.5. The smallest absolute Gasteiger partial charge is 0.191 e. The van der Waals surface area contributed by atoms with Crippen molar-refractivity contribution in [1.29, 1.82) is 0 Å². The monoisotopic (exact) mass is 529 g/mol. The maximum absolute atomic E-state index is 5.43. The summed E-state index contributed by atoms with van der Waals surface area (Å²) in [6.45, 7) is 11.2. The van der Waals surface area contributed by atoms with Gasteiger partial charge < -0.3 is 15.4 Å². The van der Waals surface area contributed by atoms with Gasteiger partial charge in [0.15, 0.2) is 5.96 Å². The fourth-order valence-electron chi connectivity index (χ4n) is 3.16. The number of hydrogen-bond donors (Lipinski definition) is 2. The van der Waals surface area contributed by atoms with E-state index < -0.39 is 0 Å². The third-order valence-corrected chi connectivity index (χ3v) is 5.54. The predicted octanol–water partition coefficient (Wildman–Crippen LogP) is 3.20. The van der Waals surface area contributed by atoms with Gasteiger partial charge in [-0.25, -0.2) is 9.98 Å². The molecule has 29 heavy (non-hydrogen) atoms. The van der Waals surface area contributed by atoms with Crippen LogP contribution in [0.25, 0.3) is 0 Å². The molecular formula is C21H32IN5OS. The van der Waals surface area contributed by atoms with Crippen molar-refractivity contribution < 1.29 is 4.74 Å². The lowest BCUT2D eigenvalue weighted by Crippen LogP contribution is -2.38.